The molecule has 1 aromatic carbocycles. The number of anilines is 1. The molecule has 0 aromatic heterocycles. The fraction of sp³-hybridized carbons (Fsp3) is 0.500. The van der Waals surface area contributed by atoms with Crippen LogP contribution in [0, 0.1) is 17.2 Å². The van der Waals surface area contributed by atoms with Crippen molar-refractivity contribution in [3.63, 3.8) is 0 Å². The summed E-state index contributed by atoms with van der Waals surface area (Å²) in [5, 5.41) is 11.8. The first-order valence-corrected chi connectivity index (χ1v) is 7.04. The number of carbonyl (C=O) groups excluding carboxylic acids is 1. The Morgan fingerprint density at radius 1 is 1.45 bits per heavy atom. The molecule has 1 aromatic rings. The van der Waals surface area contributed by atoms with Crippen molar-refractivity contribution in [3.05, 3.63) is 29.8 Å². The van der Waals surface area contributed by atoms with Crippen molar-refractivity contribution in [1.29, 1.82) is 5.26 Å². The van der Waals surface area contributed by atoms with Crippen molar-refractivity contribution >= 4 is 11.6 Å². The Balaban J connectivity index is 2.43. The van der Waals surface area contributed by atoms with Gasteiger partial charge in [0.05, 0.1) is 11.3 Å². The number of carbonyl (C=O) groups is 1. The van der Waals surface area contributed by atoms with Crippen molar-refractivity contribution < 1.29 is 4.79 Å². The Morgan fingerprint density at radius 3 is 2.80 bits per heavy atom. The minimum Gasteiger partial charge on any atom is -0.325 e. The summed E-state index contributed by atoms with van der Waals surface area (Å²) in [6.07, 6.45) is 1.58. The Hall–Kier alpha value is -1.86. The Labute approximate surface area is 121 Å². The third-order valence-corrected chi connectivity index (χ3v) is 3.36. The summed E-state index contributed by atoms with van der Waals surface area (Å²) in [6, 6.07) is 9.12. The molecule has 108 valence electrons. The number of hydrogen-bond acceptors (Lipinski definition) is 3. The van der Waals surface area contributed by atoms with E-state index in [1.54, 1.807) is 18.2 Å². The summed E-state index contributed by atoms with van der Waals surface area (Å²) in [5.74, 6) is 0.589. The second kappa shape index (κ2) is 8.34. The maximum Gasteiger partial charge on any atom is 0.225 e. The normalized spacial score (nSPS) is 11.9. The zero-order chi connectivity index (χ0) is 15.0. The summed E-state index contributed by atoms with van der Waals surface area (Å²) in [5.41, 5.74) is 1.08. The maximum atomic E-state index is 11.9. The first kappa shape index (κ1) is 16.2. The molecule has 0 fully saturated rings. The Bertz CT molecular complexity index is 479. The van der Waals surface area contributed by atoms with Gasteiger partial charge < -0.3 is 10.2 Å². The third-order valence-electron chi connectivity index (χ3n) is 3.36. The van der Waals surface area contributed by atoms with Crippen molar-refractivity contribution in [2.75, 3.05) is 25.5 Å². The first-order chi connectivity index (χ1) is 9.56. The van der Waals surface area contributed by atoms with E-state index in [2.05, 4.69) is 30.1 Å². The summed E-state index contributed by atoms with van der Waals surface area (Å²) >= 11 is 0. The van der Waals surface area contributed by atoms with E-state index < -0.39 is 0 Å². The van der Waals surface area contributed by atoms with Crippen molar-refractivity contribution in [2.45, 2.75) is 26.7 Å². The largest absolute Gasteiger partial charge is 0.325 e. The second-order valence-corrected chi connectivity index (χ2v) is 5.23. The summed E-state index contributed by atoms with van der Waals surface area (Å²) < 4.78 is 0. The molecular weight excluding hydrogens is 250 g/mol. The molecule has 0 saturated heterocycles. The van der Waals surface area contributed by atoms with E-state index in [4.69, 9.17) is 5.26 Å². The lowest BCUT2D eigenvalue weighted by atomic mass is 10.1. The van der Waals surface area contributed by atoms with E-state index in [1.807, 2.05) is 13.1 Å². The Kier molecular flexibility index (Phi) is 6.75. The lowest BCUT2D eigenvalue weighted by Gasteiger charge is -2.20. The fourth-order valence-electron chi connectivity index (χ4n) is 1.95. The molecule has 1 unspecified atom stereocenters. The molecular formula is C16H23N3O. The molecule has 1 N–H and O–H groups in total. The van der Waals surface area contributed by atoms with Crippen molar-refractivity contribution in [3.8, 4) is 6.07 Å². The van der Waals surface area contributed by atoms with Crippen LogP contribution in [0.3, 0.4) is 0 Å². The molecule has 0 radical (unpaired) electrons. The van der Waals surface area contributed by atoms with Gasteiger partial charge in [0.15, 0.2) is 0 Å². The van der Waals surface area contributed by atoms with Crippen LogP contribution in [-0.2, 0) is 4.79 Å². The van der Waals surface area contributed by atoms with Gasteiger partial charge in [-0.05, 0) is 25.1 Å². The van der Waals surface area contributed by atoms with Gasteiger partial charge in [-0.1, -0.05) is 32.4 Å². The van der Waals surface area contributed by atoms with Crippen molar-refractivity contribution in [2.24, 2.45) is 5.92 Å². The monoisotopic (exact) mass is 273 g/mol. The number of benzene rings is 1. The minimum absolute atomic E-state index is 0.0521. The highest BCUT2D eigenvalue weighted by atomic mass is 16.1. The number of nitrogens with zero attached hydrogens (tertiary/aromatic N) is 2. The standard InChI is InChI=1S/C16H23N3O/c1-4-13(2)12-19(3)10-9-16(20)18-15-8-6-5-7-14(15)11-17/h5-8,13H,4,9-10,12H2,1-3H3,(H,18,20). The van der Waals surface area contributed by atoms with E-state index in [0.29, 0.717) is 23.6 Å². The molecule has 0 aliphatic carbocycles. The van der Waals surface area contributed by atoms with Crippen LogP contribution in [0.4, 0.5) is 5.69 Å². The topological polar surface area (TPSA) is 56.1 Å². The molecule has 20 heavy (non-hydrogen) atoms. The second-order valence-electron chi connectivity index (χ2n) is 5.23. The molecule has 0 bridgehead atoms. The summed E-state index contributed by atoms with van der Waals surface area (Å²) in [7, 11) is 2.03. The smallest absolute Gasteiger partial charge is 0.225 e. The maximum absolute atomic E-state index is 11.9. The van der Waals surface area contributed by atoms with Crippen LogP contribution in [0.15, 0.2) is 24.3 Å². The van der Waals surface area contributed by atoms with E-state index >= 15 is 0 Å². The van der Waals surface area contributed by atoms with Crippen LogP contribution in [0.2, 0.25) is 0 Å². The van der Waals surface area contributed by atoms with Crippen LogP contribution in [-0.4, -0.2) is 30.9 Å². The Morgan fingerprint density at radius 2 is 2.15 bits per heavy atom. The molecule has 4 heteroatoms. The number of hydrogen-bond donors (Lipinski definition) is 1. The van der Waals surface area contributed by atoms with Gasteiger partial charge in [0.2, 0.25) is 5.91 Å². The molecule has 1 amide bonds. The lowest BCUT2D eigenvalue weighted by molar-refractivity contribution is -0.116. The zero-order valence-corrected chi connectivity index (χ0v) is 12.5. The van der Waals surface area contributed by atoms with E-state index in [9.17, 15) is 4.79 Å². The van der Waals surface area contributed by atoms with E-state index in [-0.39, 0.29) is 5.91 Å². The van der Waals surface area contributed by atoms with Crippen LogP contribution < -0.4 is 5.32 Å². The average molecular weight is 273 g/mol. The predicted molar refractivity (Wildman–Crippen MR) is 81.4 cm³/mol. The number of nitriles is 1. The van der Waals surface area contributed by atoms with Gasteiger partial charge in [-0.15, -0.1) is 0 Å². The highest BCUT2D eigenvalue weighted by Crippen LogP contribution is 2.13. The van der Waals surface area contributed by atoms with Gasteiger partial charge in [0, 0.05) is 19.5 Å². The molecule has 0 aliphatic rings. The quantitative estimate of drug-likeness (QED) is 0.831. The first-order valence-electron chi connectivity index (χ1n) is 7.04. The molecule has 1 atom stereocenters. The highest BCUT2D eigenvalue weighted by Gasteiger charge is 2.09. The van der Waals surface area contributed by atoms with Gasteiger partial charge in [-0.2, -0.15) is 5.26 Å². The molecule has 0 heterocycles. The molecule has 0 spiro atoms. The van der Waals surface area contributed by atoms with Gasteiger partial charge in [0.1, 0.15) is 6.07 Å². The average Bonchev–Trinajstić information content (AvgIpc) is 2.45. The summed E-state index contributed by atoms with van der Waals surface area (Å²) in [4.78, 5) is 14.1. The molecule has 1 rings (SSSR count). The van der Waals surface area contributed by atoms with Gasteiger partial charge in [-0.25, -0.2) is 0 Å². The lowest BCUT2D eigenvalue weighted by Crippen LogP contribution is -2.28. The number of nitrogens with one attached hydrogen (secondary N) is 1. The highest BCUT2D eigenvalue weighted by molar-refractivity contribution is 5.92. The zero-order valence-electron chi connectivity index (χ0n) is 12.5. The minimum atomic E-state index is -0.0521. The van der Waals surface area contributed by atoms with Crippen LogP contribution in [0.25, 0.3) is 0 Å². The predicted octanol–water partition coefficient (Wildman–Crippen LogP) is 2.86. The van der Waals surface area contributed by atoms with Crippen LogP contribution in [0.1, 0.15) is 32.3 Å². The SMILES string of the molecule is CCC(C)CN(C)CCC(=O)Nc1ccccc1C#N. The molecule has 0 saturated carbocycles. The van der Waals surface area contributed by atoms with E-state index in [0.717, 1.165) is 19.5 Å². The number of amides is 1. The van der Waals surface area contributed by atoms with Crippen LogP contribution in [0.5, 0.6) is 0 Å². The van der Waals surface area contributed by atoms with Gasteiger partial charge in [-0.3, -0.25) is 4.79 Å². The van der Waals surface area contributed by atoms with Gasteiger partial charge >= 0.3 is 0 Å². The fourth-order valence-corrected chi connectivity index (χ4v) is 1.95. The molecule has 0 aliphatic heterocycles. The van der Waals surface area contributed by atoms with E-state index in [1.165, 1.54) is 0 Å². The third kappa shape index (κ3) is 5.41. The summed E-state index contributed by atoms with van der Waals surface area (Å²) in [6.45, 7) is 6.10. The number of para-hydroxylation sites is 1. The van der Waals surface area contributed by atoms with Gasteiger partial charge in [0.25, 0.3) is 0 Å². The molecule has 4 nitrogen and oxygen atoms in total. The van der Waals surface area contributed by atoms with Crippen LogP contribution >= 0.6 is 0 Å². The number of rotatable bonds is 7. The van der Waals surface area contributed by atoms with Crippen molar-refractivity contribution in [1.82, 2.24) is 4.90 Å².